The number of hydrogen-bond acceptors (Lipinski definition) is 7. The zero-order chi connectivity index (χ0) is 17.1. The van der Waals surface area contributed by atoms with E-state index in [-0.39, 0.29) is 0 Å². The molecule has 0 aliphatic heterocycles. The number of methoxy groups -OCH3 is 1. The lowest BCUT2D eigenvalue weighted by Gasteiger charge is -2.12. The molecule has 3 heterocycles. The minimum absolute atomic E-state index is 0.401. The Kier molecular flexibility index (Phi) is 4.68. The highest BCUT2D eigenvalue weighted by Gasteiger charge is 2.09. The molecule has 3 aromatic heterocycles. The van der Waals surface area contributed by atoms with Crippen LogP contribution in [-0.2, 0) is 17.9 Å². The number of aliphatic hydroxyl groups excluding tert-OH is 1. The summed E-state index contributed by atoms with van der Waals surface area (Å²) in [6.07, 6.45) is 0.940. The Morgan fingerprint density at radius 2 is 2.12 bits per heavy atom. The molecule has 24 heavy (non-hydrogen) atoms. The second-order valence-corrected chi connectivity index (χ2v) is 5.54. The average Bonchev–Trinajstić information content (AvgIpc) is 3.01. The minimum atomic E-state index is -0.522. The maximum absolute atomic E-state index is 9.69. The summed E-state index contributed by atoms with van der Waals surface area (Å²) in [6.45, 7) is 4.55. The molecule has 3 rings (SSSR count). The molecule has 2 N–H and O–H groups in total. The number of nitrogens with zero attached hydrogens (tertiary/aromatic N) is 5. The molecule has 0 spiro atoms. The number of anilines is 1. The third kappa shape index (κ3) is 3.34. The fraction of sp³-hybridized carbons (Fsp3) is 0.375. The number of hydrogen-bond donors (Lipinski definition) is 2. The Bertz CT molecular complexity index is 846. The molecule has 0 saturated heterocycles. The third-order valence-corrected chi connectivity index (χ3v) is 3.68. The summed E-state index contributed by atoms with van der Waals surface area (Å²) in [5.74, 6) is 1.28. The number of rotatable bonds is 6. The van der Waals surface area contributed by atoms with Crippen molar-refractivity contribution < 1.29 is 9.84 Å². The number of pyridine rings is 1. The molecule has 8 heteroatoms. The molecule has 1 atom stereocenters. The topological polar surface area (TPSA) is 97.5 Å². The molecule has 8 nitrogen and oxygen atoms in total. The minimum Gasteiger partial charge on any atom is -0.389 e. The summed E-state index contributed by atoms with van der Waals surface area (Å²) in [7, 11) is 1.62. The van der Waals surface area contributed by atoms with Gasteiger partial charge in [-0.05, 0) is 19.9 Å². The molecule has 126 valence electrons. The van der Waals surface area contributed by atoms with E-state index in [0.717, 1.165) is 28.5 Å². The summed E-state index contributed by atoms with van der Waals surface area (Å²) in [5, 5.41) is 17.2. The highest BCUT2D eigenvalue weighted by molar-refractivity contribution is 5.45. The molecule has 0 aliphatic carbocycles. The van der Waals surface area contributed by atoms with E-state index >= 15 is 0 Å². The lowest BCUT2D eigenvalue weighted by atomic mass is 10.1. The Morgan fingerprint density at radius 3 is 2.83 bits per heavy atom. The van der Waals surface area contributed by atoms with Crippen molar-refractivity contribution in [2.75, 3.05) is 12.4 Å². The second-order valence-electron chi connectivity index (χ2n) is 5.54. The van der Waals surface area contributed by atoms with Crippen LogP contribution >= 0.6 is 0 Å². The number of aryl methyl sites for hydroxylation is 1. The van der Waals surface area contributed by atoms with E-state index in [2.05, 4.69) is 25.4 Å². The number of ether oxygens (including phenoxy) is 1. The maximum atomic E-state index is 9.69. The largest absolute Gasteiger partial charge is 0.389 e. The smallest absolute Gasteiger partial charge is 0.254 e. The molecule has 3 aromatic rings. The Labute approximate surface area is 139 Å². The monoisotopic (exact) mass is 328 g/mol. The van der Waals surface area contributed by atoms with Crippen LogP contribution < -0.4 is 5.32 Å². The Balaban J connectivity index is 1.82. The first-order valence-corrected chi connectivity index (χ1v) is 7.65. The van der Waals surface area contributed by atoms with Gasteiger partial charge in [-0.1, -0.05) is 6.07 Å². The van der Waals surface area contributed by atoms with Crippen LogP contribution in [0.25, 0.3) is 5.78 Å². The zero-order valence-electron chi connectivity index (χ0n) is 13.9. The van der Waals surface area contributed by atoms with Gasteiger partial charge in [-0.25, -0.2) is 4.98 Å². The first kappa shape index (κ1) is 16.3. The lowest BCUT2D eigenvalue weighted by molar-refractivity contribution is 0.181. The van der Waals surface area contributed by atoms with Gasteiger partial charge in [0, 0.05) is 24.4 Å². The van der Waals surface area contributed by atoms with E-state index in [0.29, 0.717) is 18.9 Å². The number of aliphatic hydroxyl groups is 1. The molecule has 0 aliphatic rings. The van der Waals surface area contributed by atoms with Crippen molar-refractivity contribution in [1.29, 1.82) is 0 Å². The zero-order valence-corrected chi connectivity index (χ0v) is 13.9. The van der Waals surface area contributed by atoms with E-state index in [1.165, 1.54) is 6.33 Å². The fourth-order valence-corrected chi connectivity index (χ4v) is 2.55. The van der Waals surface area contributed by atoms with E-state index in [9.17, 15) is 5.11 Å². The van der Waals surface area contributed by atoms with Gasteiger partial charge < -0.3 is 15.2 Å². The normalized spacial score (nSPS) is 12.5. The van der Waals surface area contributed by atoms with Crippen molar-refractivity contribution in [1.82, 2.24) is 24.6 Å². The van der Waals surface area contributed by atoms with Gasteiger partial charge in [-0.2, -0.15) is 14.6 Å². The summed E-state index contributed by atoms with van der Waals surface area (Å²) in [4.78, 5) is 13.0. The van der Waals surface area contributed by atoms with Gasteiger partial charge in [0.2, 0.25) is 0 Å². The highest BCUT2D eigenvalue weighted by atomic mass is 16.5. The molecule has 1 unspecified atom stereocenters. The van der Waals surface area contributed by atoms with E-state index in [1.54, 1.807) is 18.5 Å². The predicted molar refractivity (Wildman–Crippen MR) is 88.4 cm³/mol. The first-order valence-electron chi connectivity index (χ1n) is 7.65. The fourth-order valence-electron chi connectivity index (χ4n) is 2.55. The Hall–Kier alpha value is -2.58. The molecular weight excluding hydrogens is 308 g/mol. The van der Waals surface area contributed by atoms with Crippen molar-refractivity contribution in [3.05, 3.63) is 47.2 Å². The van der Waals surface area contributed by atoms with Crippen molar-refractivity contribution in [3.63, 3.8) is 0 Å². The summed E-state index contributed by atoms with van der Waals surface area (Å²) in [5.41, 5.74) is 3.30. The molecule has 0 saturated carbocycles. The van der Waals surface area contributed by atoms with E-state index in [4.69, 9.17) is 4.74 Å². The molecule has 0 amide bonds. The number of nitrogens with one attached hydrogen (secondary N) is 1. The summed E-state index contributed by atoms with van der Waals surface area (Å²) < 4.78 is 6.77. The van der Waals surface area contributed by atoms with Gasteiger partial charge in [-0.3, -0.25) is 4.98 Å². The van der Waals surface area contributed by atoms with Crippen LogP contribution in [0.1, 0.15) is 35.7 Å². The Morgan fingerprint density at radius 1 is 1.29 bits per heavy atom. The van der Waals surface area contributed by atoms with Crippen LogP contribution in [0.15, 0.2) is 24.5 Å². The highest BCUT2D eigenvalue weighted by Crippen LogP contribution is 2.17. The molecule has 0 aromatic carbocycles. The van der Waals surface area contributed by atoms with Gasteiger partial charge >= 0.3 is 0 Å². The van der Waals surface area contributed by atoms with Crippen molar-refractivity contribution in [2.24, 2.45) is 0 Å². The molecule has 0 bridgehead atoms. The standard InChI is InChI=1S/C16H20N6O2/c1-10-14(11(2)23)5-4-12(20-10)7-17-15-6-13(8-24-3)21-16-18-9-19-22(15)16/h4-6,9,11,17,23H,7-8H2,1-3H3. The first-order chi connectivity index (χ1) is 11.6. The van der Waals surface area contributed by atoms with Crippen LogP contribution in [0.5, 0.6) is 0 Å². The van der Waals surface area contributed by atoms with Crippen molar-refractivity contribution >= 4 is 11.6 Å². The molecule has 0 fully saturated rings. The van der Waals surface area contributed by atoms with Gasteiger partial charge in [0.05, 0.1) is 30.6 Å². The average molecular weight is 328 g/mol. The third-order valence-electron chi connectivity index (χ3n) is 3.68. The van der Waals surface area contributed by atoms with Gasteiger partial charge in [0.15, 0.2) is 0 Å². The predicted octanol–water partition coefficient (Wildman–Crippen LogP) is 1.64. The second kappa shape index (κ2) is 6.90. The van der Waals surface area contributed by atoms with Crippen LogP contribution in [-0.4, -0.2) is 36.8 Å². The van der Waals surface area contributed by atoms with Crippen molar-refractivity contribution in [3.8, 4) is 0 Å². The van der Waals surface area contributed by atoms with Gasteiger partial charge in [0.1, 0.15) is 12.1 Å². The van der Waals surface area contributed by atoms with Crippen molar-refractivity contribution in [2.45, 2.75) is 33.1 Å². The van der Waals surface area contributed by atoms with Crippen LogP contribution in [0.2, 0.25) is 0 Å². The van der Waals surface area contributed by atoms with Crippen LogP contribution in [0.4, 0.5) is 5.82 Å². The van der Waals surface area contributed by atoms with Crippen LogP contribution in [0.3, 0.4) is 0 Å². The SMILES string of the molecule is COCc1cc(NCc2ccc(C(C)O)c(C)n2)n2ncnc2n1. The lowest BCUT2D eigenvalue weighted by Crippen LogP contribution is -2.10. The summed E-state index contributed by atoms with van der Waals surface area (Å²) in [6, 6.07) is 5.68. The molecular formula is C16H20N6O2. The van der Waals surface area contributed by atoms with Crippen LogP contribution in [0, 0.1) is 6.92 Å². The molecule has 0 radical (unpaired) electrons. The van der Waals surface area contributed by atoms with Gasteiger partial charge in [-0.15, -0.1) is 0 Å². The number of aromatic nitrogens is 5. The van der Waals surface area contributed by atoms with Gasteiger partial charge in [0.25, 0.3) is 5.78 Å². The summed E-state index contributed by atoms with van der Waals surface area (Å²) >= 11 is 0. The quantitative estimate of drug-likeness (QED) is 0.710. The van der Waals surface area contributed by atoms with E-state index < -0.39 is 6.10 Å². The maximum Gasteiger partial charge on any atom is 0.254 e. The number of fused-ring (bicyclic) bond motifs is 1. The van der Waals surface area contributed by atoms with E-state index in [1.807, 2.05) is 25.1 Å².